The first-order chi connectivity index (χ1) is 13.3. The summed E-state index contributed by atoms with van der Waals surface area (Å²) in [6, 6.07) is 28.7. The van der Waals surface area contributed by atoms with Crippen LogP contribution < -0.4 is 4.74 Å². The van der Waals surface area contributed by atoms with E-state index in [0.29, 0.717) is 0 Å². The topological polar surface area (TPSA) is 26.5 Å². The van der Waals surface area contributed by atoms with Gasteiger partial charge in [-0.3, -0.25) is 4.99 Å². The van der Waals surface area contributed by atoms with Gasteiger partial charge in [0.1, 0.15) is 5.75 Å². The lowest BCUT2D eigenvalue weighted by Crippen LogP contribution is -1.90. The molecule has 0 aliphatic heterocycles. The highest BCUT2D eigenvalue weighted by Gasteiger charge is 1.99. The highest BCUT2D eigenvalue weighted by Crippen LogP contribution is 2.22. The highest BCUT2D eigenvalue weighted by molar-refractivity contribution is 5.82. The molecule has 0 aliphatic rings. The SMILES string of the molecule is COc1ccc(-n2ccc(C=Nc3ccc(-c4ccccc4)cc3)c2)cc1. The van der Waals surface area contributed by atoms with Gasteiger partial charge in [-0.15, -0.1) is 0 Å². The summed E-state index contributed by atoms with van der Waals surface area (Å²) in [7, 11) is 1.67. The summed E-state index contributed by atoms with van der Waals surface area (Å²) in [5.41, 5.74) is 5.48. The van der Waals surface area contributed by atoms with Crippen LogP contribution in [-0.4, -0.2) is 17.9 Å². The molecule has 0 spiro atoms. The maximum Gasteiger partial charge on any atom is 0.119 e. The Morgan fingerprint density at radius 2 is 1.48 bits per heavy atom. The first kappa shape index (κ1) is 16.9. The minimum absolute atomic E-state index is 0.853. The normalized spacial score (nSPS) is 11.0. The molecule has 0 atom stereocenters. The van der Waals surface area contributed by atoms with Gasteiger partial charge in [-0.1, -0.05) is 42.5 Å². The quantitative estimate of drug-likeness (QED) is 0.411. The number of methoxy groups -OCH3 is 1. The summed E-state index contributed by atoms with van der Waals surface area (Å²) in [6.45, 7) is 0. The van der Waals surface area contributed by atoms with E-state index in [0.717, 1.165) is 22.7 Å². The Morgan fingerprint density at radius 1 is 0.778 bits per heavy atom. The number of nitrogens with zero attached hydrogens (tertiary/aromatic N) is 2. The molecule has 0 bridgehead atoms. The van der Waals surface area contributed by atoms with Crippen molar-refractivity contribution in [3.05, 3.63) is 103 Å². The number of ether oxygens (including phenoxy) is 1. The van der Waals surface area contributed by atoms with Crippen LogP contribution in [0.5, 0.6) is 5.75 Å². The number of hydrogen-bond acceptors (Lipinski definition) is 2. The summed E-state index contributed by atoms with van der Waals surface area (Å²) >= 11 is 0. The highest BCUT2D eigenvalue weighted by atomic mass is 16.5. The number of rotatable bonds is 5. The lowest BCUT2D eigenvalue weighted by Gasteiger charge is -2.04. The van der Waals surface area contributed by atoms with Crippen molar-refractivity contribution >= 4 is 11.9 Å². The minimum atomic E-state index is 0.853. The molecule has 3 aromatic carbocycles. The fourth-order valence-corrected chi connectivity index (χ4v) is 2.92. The summed E-state index contributed by atoms with van der Waals surface area (Å²) in [5.74, 6) is 0.853. The molecule has 4 aromatic rings. The Balaban J connectivity index is 1.47. The molecule has 4 rings (SSSR count). The van der Waals surface area contributed by atoms with E-state index in [1.165, 1.54) is 11.1 Å². The molecule has 1 heterocycles. The summed E-state index contributed by atoms with van der Waals surface area (Å²) in [6.07, 6.45) is 5.98. The number of hydrogen-bond donors (Lipinski definition) is 0. The zero-order chi connectivity index (χ0) is 18.5. The van der Waals surface area contributed by atoms with E-state index in [-0.39, 0.29) is 0 Å². The van der Waals surface area contributed by atoms with Crippen LogP contribution in [0.3, 0.4) is 0 Å². The molecule has 0 fully saturated rings. The van der Waals surface area contributed by atoms with Crippen molar-refractivity contribution in [2.24, 2.45) is 4.99 Å². The standard InChI is InChI=1S/C24H20N2O/c1-27-24-13-11-23(12-14-24)26-16-15-19(18-26)17-25-22-9-7-21(8-10-22)20-5-3-2-4-6-20/h2-18H,1H3. The first-order valence-corrected chi connectivity index (χ1v) is 8.84. The Bertz CT molecular complexity index is 1030. The molecule has 3 heteroatoms. The lowest BCUT2D eigenvalue weighted by molar-refractivity contribution is 0.415. The molecule has 0 aliphatic carbocycles. The summed E-state index contributed by atoms with van der Waals surface area (Å²) < 4.78 is 7.27. The van der Waals surface area contributed by atoms with Gasteiger partial charge in [0.25, 0.3) is 0 Å². The molecular formula is C24H20N2O. The second-order valence-electron chi connectivity index (χ2n) is 6.22. The average molecular weight is 352 g/mol. The van der Waals surface area contributed by atoms with Gasteiger partial charge in [0.15, 0.2) is 0 Å². The Labute approximate surface area is 159 Å². The van der Waals surface area contributed by atoms with Crippen LogP contribution >= 0.6 is 0 Å². The van der Waals surface area contributed by atoms with Crippen molar-refractivity contribution in [3.63, 3.8) is 0 Å². The Hall–Kier alpha value is -3.59. The Morgan fingerprint density at radius 3 is 2.19 bits per heavy atom. The lowest BCUT2D eigenvalue weighted by atomic mass is 10.1. The van der Waals surface area contributed by atoms with Gasteiger partial charge in [-0.2, -0.15) is 0 Å². The van der Waals surface area contributed by atoms with E-state index >= 15 is 0 Å². The van der Waals surface area contributed by atoms with Gasteiger partial charge in [0.05, 0.1) is 12.8 Å². The van der Waals surface area contributed by atoms with Gasteiger partial charge in [-0.05, 0) is 53.6 Å². The number of aliphatic imine (C=N–C) groups is 1. The molecular weight excluding hydrogens is 332 g/mol. The predicted octanol–water partition coefficient (Wildman–Crippen LogP) is 5.90. The molecule has 0 radical (unpaired) electrons. The van der Waals surface area contributed by atoms with Gasteiger partial charge in [0.2, 0.25) is 0 Å². The Kier molecular flexibility index (Phi) is 4.84. The monoisotopic (exact) mass is 352 g/mol. The van der Waals surface area contributed by atoms with Crippen LogP contribution in [-0.2, 0) is 0 Å². The molecule has 27 heavy (non-hydrogen) atoms. The van der Waals surface area contributed by atoms with Crippen molar-refractivity contribution in [3.8, 4) is 22.6 Å². The third-order valence-electron chi connectivity index (χ3n) is 4.42. The molecule has 0 amide bonds. The van der Waals surface area contributed by atoms with E-state index in [4.69, 9.17) is 4.74 Å². The van der Waals surface area contributed by atoms with Crippen molar-refractivity contribution in [2.75, 3.05) is 7.11 Å². The van der Waals surface area contributed by atoms with Crippen LogP contribution in [0.2, 0.25) is 0 Å². The minimum Gasteiger partial charge on any atom is -0.497 e. The summed E-state index contributed by atoms with van der Waals surface area (Å²) in [5, 5.41) is 0. The van der Waals surface area contributed by atoms with Crippen LogP contribution in [0.4, 0.5) is 5.69 Å². The van der Waals surface area contributed by atoms with Crippen LogP contribution in [0, 0.1) is 0 Å². The molecule has 0 saturated heterocycles. The molecule has 1 aromatic heterocycles. The summed E-state index contributed by atoms with van der Waals surface area (Å²) in [4.78, 5) is 4.59. The molecule has 132 valence electrons. The van der Waals surface area contributed by atoms with Crippen LogP contribution in [0.15, 0.2) is 102 Å². The predicted molar refractivity (Wildman–Crippen MR) is 111 cm³/mol. The molecule has 0 N–H and O–H groups in total. The van der Waals surface area contributed by atoms with Crippen LogP contribution in [0.1, 0.15) is 5.56 Å². The van der Waals surface area contributed by atoms with E-state index in [2.05, 4.69) is 52.2 Å². The van der Waals surface area contributed by atoms with E-state index in [9.17, 15) is 0 Å². The van der Waals surface area contributed by atoms with Gasteiger partial charge in [0, 0.05) is 29.9 Å². The van der Waals surface area contributed by atoms with Gasteiger partial charge in [-0.25, -0.2) is 0 Å². The second kappa shape index (κ2) is 7.75. The maximum absolute atomic E-state index is 5.20. The fraction of sp³-hybridized carbons (Fsp3) is 0.0417. The molecule has 3 nitrogen and oxygen atoms in total. The van der Waals surface area contributed by atoms with Crippen LogP contribution in [0.25, 0.3) is 16.8 Å². The number of benzene rings is 3. The van der Waals surface area contributed by atoms with E-state index in [1.54, 1.807) is 7.11 Å². The largest absolute Gasteiger partial charge is 0.497 e. The third kappa shape index (κ3) is 3.98. The smallest absolute Gasteiger partial charge is 0.119 e. The fourth-order valence-electron chi connectivity index (χ4n) is 2.92. The van der Waals surface area contributed by atoms with Gasteiger partial charge < -0.3 is 9.30 Å². The molecule has 0 unspecified atom stereocenters. The van der Waals surface area contributed by atoms with E-state index in [1.807, 2.05) is 60.9 Å². The van der Waals surface area contributed by atoms with Gasteiger partial charge >= 0.3 is 0 Å². The number of aromatic nitrogens is 1. The van der Waals surface area contributed by atoms with Crippen molar-refractivity contribution in [1.29, 1.82) is 0 Å². The van der Waals surface area contributed by atoms with Crippen molar-refractivity contribution in [1.82, 2.24) is 4.57 Å². The van der Waals surface area contributed by atoms with Crippen molar-refractivity contribution < 1.29 is 4.74 Å². The maximum atomic E-state index is 5.20. The van der Waals surface area contributed by atoms with E-state index < -0.39 is 0 Å². The molecule has 0 saturated carbocycles. The second-order valence-corrected chi connectivity index (χ2v) is 6.22. The zero-order valence-corrected chi connectivity index (χ0v) is 15.1. The first-order valence-electron chi connectivity index (χ1n) is 8.84. The third-order valence-corrected chi connectivity index (χ3v) is 4.42. The van der Waals surface area contributed by atoms with Crippen molar-refractivity contribution in [2.45, 2.75) is 0 Å². The zero-order valence-electron chi connectivity index (χ0n) is 15.1. The average Bonchev–Trinajstić information content (AvgIpc) is 3.22.